The molecule has 1 fully saturated rings. The third-order valence-electron chi connectivity index (χ3n) is 3.94. The van der Waals surface area contributed by atoms with Crippen LogP contribution in [0.15, 0.2) is 43.0 Å². The van der Waals surface area contributed by atoms with E-state index in [0.717, 1.165) is 21.9 Å². The molecule has 1 aromatic heterocycles. The smallest absolute Gasteiger partial charge is 0.268 e. The van der Waals surface area contributed by atoms with E-state index in [1.165, 1.54) is 17.4 Å². The Balaban J connectivity index is 1.92. The Morgan fingerprint density at radius 2 is 2.09 bits per heavy atom. The number of benzene rings is 1. The first-order valence-corrected chi connectivity index (χ1v) is 8.19. The molecule has 2 heterocycles. The molecule has 6 heteroatoms. The van der Waals surface area contributed by atoms with E-state index < -0.39 is 5.91 Å². The standard InChI is InChI=1S/C17H17N3O2S/c1-2-13(21)20-9-8-12(10-20)17-19-14(16(18)22)15(23-17)11-6-4-3-5-7-11/h2-7,12H,1,8-10H2,(H2,18,22). The number of thiazole rings is 1. The normalized spacial score (nSPS) is 17.2. The number of primary amides is 1. The van der Waals surface area contributed by atoms with Crippen LogP contribution in [0.25, 0.3) is 10.4 Å². The maximum atomic E-state index is 11.7. The molecule has 0 spiro atoms. The first kappa shape index (κ1) is 15.4. The number of amides is 2. The minimum absolute atomic E-state index is 0.0672. The summed E-state index contributed by atoms with van der Waals surface area (Å²) in [6, 6.07) is 9.63. The maximum Gasteiger partial charge on any atom is 0.268 e. The van der Waals surface area contributed by atoms with Crippen molar-refractivity contribution in [2.45, 2.75) is 12.3 Å². The molecule has 1 aliphatic rings. The van der Waals surface area contributed by atoms with Gasteiger partial charge in [0.05, 0.1) is 9.88 Å². The van der Waals surface area contributed by atoms with Crippen molar-refractivity contribution in [1.82, 2.24) is 9.88 Å². The molecule has 118 valence electrons. The van der Waals surface area contributed by atoms with E-state index >= 15 is 0 Å². The third kappa shape index (κ3) is 3.03. The summed E-state index contributed by atoms with van der Waals surface area (Å²) in [7, 11) is 0. The van der Waals surface area contributed by atoms with Crippen molar-refractivity contribution in [1.29, 1.82) is 0 Å². The first-order valence-electron chi connectivity index (χ1n) is 7.37. The topological polar surface area (TPSA) is 76.3 Å². The number of likely N-dealkylation sites (tertiary alicyclic amines) is 1. The minimum atomic E-state index is -0.525. The van der Waals surface area contributed by atoms with Crippen molar-refractivity contribution in [2.75, 3.05) is 13.1 Å². The quantitative estimate of drug-likeness (QED) is 0.876. The predicted octanol–water partition coefficient (Wildman–Crippen LogP) is 2.41. The van der Waals surface area contributed by atoms with E-state index in [1.807, 2.05) is 30.3 Å². The van der Waals surface area contributed by atoms with Crippen LogP contribution in [0, 0.1) is 0 Å². The summed E-state index contributed by atoms with van der Waals surface area (Å²) in [6.45, 7) is 4.80. The van der Waals surface area contributed by atoms with Crippen molar-refractivity contribution in [3.05, 3.63) is 53.7 Å². The number of carbonyl (C=O) groups is 2. The van der Waals surface area contributed by atoms with Gasteiger partial charge in [0.1, 0.15) is 5.69 Å². The van der Waals surface area contributed by atoms with Crippen LogP contribution in [0.2, 0.25) is 0 Å². The maximum absolute atomic E-state index is 11.7. The van der Waals surface area contributed by atoms with Crippen LogP contribution >= 0.6 is 11.3 Å². The predicted molar refractivity (Wildman–Crippen MR) is 90.2 cm³/mol. The number of rotatable bonds is 4. The average Bonchev–Trinajstić information content (AvgIpc) is 3.21. The van der Waals surface area contributed by atoms with Crippen molar-refractivity contribution in [3.63, 3.8) is 0 Å². The lowest BCUT2D eigenvalue weighted by molar-refractivity contribution is -0.125. The number of aromatic nitrogens is 1. The molecule has 23 heavy (non-hydrogen) atoms. The van der Waals surface area contributed by atoms with E-state index in [-0.39, 0.29) is 11.8 Å². The van der Waals surface area contributed by atoms with Crippen LogP contribution in [0.5, 0.6) is 0 Å². The molecular weight excluding hydrogens is 310 g/mol. The fourth-order valence-corrected chi connectivity index (χ4v) is 3.96. The Morgan fingerprint density at radius 3 is 2.74 bits per heavy atom. The van der Waals surface area contributed by atoms with Gasteiger partial charge in [0.2, 0.25) is 5.91 Å². The highest BCUT2D eigenvalue weighted by atomic mass is 32.1. The van der Waals surface area contributed by atoms with Gasteiger partial charge in [-0.1, -0.05) is 36.9 Å². The lowest BCUT2D eigenvalue weighted by atomic mass is 10.1. The third-order valence-corrected chi connectivity index (χ3v) is 5.20. The zero-order valence-electron chi connectivity index (χ0n) is 12.6. The van der Waals surface area contributed by atoms with E-state index in [1.54, 1.807) is 4.90 Å². The van der Waals surface area contributed by atoms with Gasteiger partial charge in [-0.05, 0) is 18.1 Å². The highest BCUT2D eigenvalue weighted by Crippen LogP contribution is 2.36. The number of nitrogens with two attached hydrogens (primary N) is 1. The van der Waals surface area contributed by atoms with Gasteiger partial charge in [-0.3, -0.25) is 9.59 Å². The lowest BCUT2D eigenvalue weighted by Crippen LogP contribution is -2.26. The van der Waals surface area contributed by atoms with Gasteiger partial charge < -0.3 is 10.6 Å². The van der Waals surface area contributed by atoms with E-state index in [9.17, 15) is 9.59 Å². The molecule has 0 radical (unpaired) electrons. The van der Waals surface area contributed by atoms with Gasteiger partial charge in [-0.25, -0.2) is 4.98 Å². The highest BCUT2D eigenvalue weighted by Gasteiger charge is 2.30. The van der Waals surface area contributed by atoms with Crippen LogP contribution < -0.4 is 5.73 Å². The Labute approximate surface area is 138 Å². The van der Waals surface area contributed by atoms with Gasteiger partial charge >= 0.3 is 0 Å². The second-order valence-electron chi connectivity index (χ2n) is 5.43. The molecule has 0 aliphatic carbocycles. The Morgan fingerprint density at radius 1 is 1.35 bits per heavy atom. The molecule has 5 nitrogen and oxygen atoms in total. The summed E-state index contributed by atoms with van der Waals surface area (Å²) in [5.74, 6) is -0.453. The Bertz CT molecular complexity index is 754. The van der Waals surface area contributed by atoms with Gasteiger partial charge in [0.15, 0.2) is 0 Å². The van der Waals surface area contributed by atoms with Gasteiger partial charge in [0, 0.05) is 19.0 Å². The lowest BCUT2D eigenvalue weighted by Gasteiger charge is -2.12. The molecule has 1 atom stereocenters. The SMILES string of the molecule is C=CC(=O)N1CCC(c2nc(C(N)=O)c(-c3ccccc3)s2)C1. The zero-order valence-corrected chi connectivity index (χ0v) is 13.4. The molecule has 1 aliphatic heterocycles. The van der Waals surface area contributed by atoms with Crippen LogP contribution in [-0.2, 0) is 4.79 Å². The fraction of sp³-hybridized carbons (Fsp3) is 0.235. The molecule has 1 unspecified atom stereocenters. The Kier molecular flexibility index (Phi) is 4.25. The van der Waals surface area contributed by atoms with E-state index in [4.69, 9.17) is 5.73 Å². The van der Waals surface area contributed by atoms with Crippen LogP contribution in [-0.4, -0.2) is 34.8 Å². The summed E-state index contributed by atoms with van der Waals surface area (Å²) in [5, 5.41) is 0.858. The number of hydrogen-bond donors (Lipinski definition) is 1. The molecule has 2 N–H and O–H groups in total. The van der Waals surface area contributed by atoms with Crippen LogP contribution in [0.3, 0.4) is 0 Å². The molecule has 1 aromatic carbocycles. The van der Waals surface area contributed by atoms with Crippen molar-refractivity contribution >= 4 is 23.2 Å². The molecular formula is C17H17N3O2S. The zero-order chi connectivity index (χ0) is 16.4. The van der Waals surface area contributed by atoms with E-state index in [2.05, 4.69) is 11.6 Å². The number of nitrogens with zero attached hydrogens (tertiary/aromatic N) is 2. The highest BCUT2D eigenvalue weighted by molar-refractivity contribution is 7.15. The number of carbonyl (C=O) groups excluding carboxylic acids is 2. The summed E-state index contributed by atoms with van der Waals surface area (Å²) < 4.78 is 0. The first-order chi connectivity index (χ1) is 11.1. The molecule has 2 amide bonds. The largest absolute Gasteiger partial charge is 0.364 e. The van der Waals surface area contributed by atoms with Gasteiger partial charge in [-0.15, -0.1) is 11.3 Å². The van der Waals surface area contributed by atoms with Crippen molar-refractivity contribution in [3.8, 4) is 10.4 Å². The van der Waals surface area contributed by atoms with Crippen molar-refractivity contribution in [2.24, 2.45) is 5.73 Å². The second kappa shape index (κ2) is 6.34. The second-order valence-corrected chi connectivity index (χ2v) is 6.46. The monoisotopic (exact) mass is 327 g/mol. The van der Waals surface area contributed by atoms with Crippen LogP contribution in [0.1, 0.15) is 27.8 Å². The minimum Gasteiger partial charge on any atom is -0.364 e. The fourth-order valence-electron chi connectivity index (χ4n) is 2.75. The summed E-state index contributed by atoms with van der Waals surface area (Å²) in [4.78, 5) is 30.5. The molecule has 2 aromatic rings. The summed E-state index contributed by atoms with van der Waals surface area (Å²) in [6.07, 6.45) is 2.16. The molecule has 0 bridgehead atoms. The van der Waals surface area contributed by atoms with E-state index in [0.29, 0.717) is 18.8 Å². The average molecular weight is 327 g/mol. The summed E-state index contributed by atoms with van der Waals surface area (Å²) >= 11 is 1.48. The molecule has 1 saturated heterocycles. The molecule has 0 saturated carbocycles. The Hall–Kier alpha value is -2.47. The van der Waals surface area contributed by atoms with Crippen molar-refractivity contribution < 1.29 is 9.59 Å². The molecule has 3 rings (SSSR count). The van der Waals surface area contributed by atoms with Gasteiger partial charge in [-0.2, -0.15) is 0 Å². The van der Waals surface area contributed by atoms with Gasteiger partial charge in [0.25, 0.3) is 5.91 Å². The summed E-state index contributed by atoms with van der Waals surface area (Å²) in [5.41, 5.74) is 6.73. The number of hydrogen-bond acceptors (Lipinski definition) is 4. The van der Waals surface area contributed by atoms with Crippen LogP contribution in [0.4, 0.5) is 0 Å².